The van der Waals surface area contributed by atoms with Gasteiger partial charge in [0.05, 0.1) is 12.2 Å². The minimum Gasteiger partial charge on any atom is -0.489 e. The highest BCUT2D eigenvalue weighted by atomic mass is 16.5. The fraction of sp³-hybridized carbons (Fsp3) is 0.680. The van der Waals surface area contributed by atoms with E-state index in [1.165, 1.54) is 37.8 Å². The van der Waals surface area contributed by atoms with Crippen molar-refractivity contribution in [2.45, 2.75) is 77.3 Å². The molecule has 0 spiro atoms. The molecule has 3 heterocycles. The third kappa shape index (κ3) is 4.45. The number of piperidine rings is 1. The summed E-state index contributed by atoms with van der Waals surface area (Å²) in [5.41, 5.74) is 2.29. The number of likely N-dealkylation sites (tertiary alicyclic amines) is 1. The molecule has 1 N–H and O–H groups in total. The minimum absolute atomic E-state index is 0.167. The van der Waals surface area contributed by atoms with Gasteiger partial charge < -0.3 is 9.64 Å². The zero-order chi connectivity index (χ0) is 22.0. The lowest BCUT2D eigenvalue weighted by atomic mass is 9.80. The summed E-state index contributed by atoms with van der Waals surface area (Å²) in [6, 6.07) is 6.82. The van der Waals surface area contributed by atoms with Crippen molar-refractivity contribution in [3.8, 4) is 5.75 Å². The lowest BCUT2D eigenvalue weighted by Crippen LogP contribution is -2.54. The topological polar surface area (TPSA) is 61.9 Å². The summed E-state index contributed by atoms with van der Waals surface area (Å²) >= 11 is 0. The average molecular weight is 428 g/mol. The highest BCUT2D eigenvalue weighted by molar-refractivity contribution is 6.01. The fourth-order valence-electron chi connectivity index (χ4n) is 5.45. The molecule has 4 atom stereocenters. The molecular formula is C25H37N3O3. The van der Waals surface area contributed by atoms with Gasteiger partial charge in [-0.05, 0) is 44.2 Å². The number of hydrogen-bond donors (Lipinski definition) is 1. The number of anilines is 1. The summed E-state index contributed by atoms with van der Waals surface area (Å²) in [6.07, 6.45) is 6.09. The zero-order valence-electron chi connectivity index (χ0n) is 19.2. The molecule has 4 aliphatic rings. The maximum absolute atomic E-state index is 12.4. The number of rotatable bonds is 3. The van der Waals surface area contributed by atoms with Gasteiger partial charge in [0.25, 0.3) is 0 Å². The Morgan fingerprint density at radius 1 is 1.10 bits per heavy atom. The van der Waals surface area contributed by atoms with Gasteiger partial charge in [0.2, 0.25) is 11.8 Å². The van der Waals surface area contributed by atoms with E-state index in [0.29, 0.717) is 31.9 Å². The van der Waals surface area contributed by atoms with Crippen LogP contribution in [0.15, 0.2) is 18.2 Å². The van der Waals surface area contributed by atoms with Crippen LogP contribution in [0.4, 0.5) is 5.69 Å². The third-order valence-electron chi connectivity index (χ3n) is 7.20. The van der Waals surface area contributed by atoms with Gasteiger partial charge in [0, 0.05) is 30.5 Å². The molecule has 0 radical (unpaired) electrons. The van der Waals surface area contributed by atoms with E-state index in [0.717, 1.165) is 29.9 Å². The molecule has 4 unspecified atom stereocenters. The molecule has 1 aromatic carbocycles. The van der Waals surface area contributed by atoms with Crippen LogP contribution in [-0.4, -0.2) is 55.0 Å². The molecule has 0 aromatic heterocycles. The molecule has 6 heteroatoms. The van der Waals surface area contributed by atoms with Gasteiger partial charge in [-0.15, -0.1) is 0 Å². The highest BCUT2D eigenvalue weighted by Gasteiger charge is 2.39. The summed E-state index contributed by atoms with van der Waals surface area (Å²) in [5, 5.41) is 2.50. The first-order valence-electron chi connectivity index (χ1n) is 12.1. The van der Waals surface area contributed by atoms with Gasteiger partial charge in [-0.2, -0.15) is 0 Å². The molecule has 3 aliphatic heterocycles. The van der Waals surface area contributed by atoms with Crippen molar-refractivity contribution in [2.24, 2.45) is 5.92 Å². The Morgan fingerprint density at radius 3 is 2.58 bits per heavy atom. The first kappa shape index (κ1) is 22.1. The monoisotopic (exact) mass is 427 g/mol. The number of fused-ring (bicyclic) bond motifs is 1. The van der Waals surface area contributed by atoms with Crippen LogP contribution >= 0.6 is 0 Å². The Hall–Kier alpha value is -2.08. The number of nitrogens with one attached hydrogen (secondary N) is 1. The summed E-state index contributed by atoms with van der Waals surface area (Å²) in [6.45, 7) is 10.2. The molecule has 3 fully saturated rings. The third-order valence-corrected chi connectivity index (χ3v) is 7.20. The predicted molar refractivity (Wildman–Crippen MR) is 123 cm³/mol. The number of benzene rings is 1. The number of imide groups is 1. The molecule has 2 amide bonds. The van der Waals surface area contributed by atoms with Crippen LogP contribution in [0.5, 0.6) is 5.75 Å². The predicted octanol–water partition coefficient (Wildman–Crippen LogP) is 3.69. The lowest BCUT2D eigenvalue weighted by molar-refractivity contribution is -0.134. The maximum Gasteiger partial charge on any atom is 0.249 e. The van der Waals surface area contributed by atoms with Crippen LogP contribution in [-0.2, 0) is 9.59 Å². The van der Waals surface area contributed by atoms with E-state index in [1.807, 2.05) is 0 Å². The van der Waals surface area contributed by atoms with Gasteiger partial charge in [-0.3, -0.25) is 19.8 Å². The molecule has 170 valence electrons. The van der Waals surface area contributed by atoms with Gasteiger partial charge in [-0.25, -0.2) is 0 Å². The molecule has 1 saturated carbocycles. The number of carbonyl (C=O) groups is 2. The van der Waals surface area contributed by atoms with Crippen molar-refractivity contribution in [3.63, 3.8) is 0 Å². The van der Waals surface area contributed by atoms with E-state index >= 15 is 0 Å². The van der Waals surface area contributed by atoms with E-state index in [4.69, 9.17) is 4.74 Å². The summed E-state index contributed by atoms with van der Waals surface area (Å²) < 4.78 is 6.14. The molecule has 2 saturated heterocycles. The molecular weight excluding hydrogens is 390 g/mol. The van der Waals surface area contributed by atoms with Crippen LogP contribution in [0.3, 0.4) is 0 Å². The molecule has 1 aliphatic carbocycles. The number of carbonyl (C=O) groups excluding carboxylic acids is 2. The van der Waals surface area contributed by atoms with E-state index in [1.54, 1.807) is 0 Å². The smallest absolute Gasteiger partial charge is 0.249 e. The first-order chi connectivity index (χ1) is 15.0. The highest BCUT2D eigenvalue weighted by Crippen LogP contribution is 2.44. The SMILES string of the molecule is CC1CCC1N1CCC(c2cccc3c2OCCN3C2CCC(=O)NC2=O)C1.CCC. The zero-order valence-corrected chi connectivity index (χ0v) is 19.2. The Kier molecular flexibility index (Phi) is 6.85. The second-order valence-corrected chi connectivity index (χ2v) is 9.51. The number of nitrogens with zero attached hydrogens (tertiary/aromatic N) is 2. The van der Waals surface area contributed by atoms with Crippen molar-refractivity contribution in [3.05, 3.63) is 23.8 Å². The Morgan fingerprint density at radius 2 is 1.90 bits per heavy atom. The van der Waals surface area contributed by atoms with Gasteiger partial charge in [-0.1, -0.05) is 39.3 Å². The van der Waals surface area contributed by atoms with Crippen LogP contribution in [0.25, 0.3) is 0 Å². The lowest BCUT2D eigenvalue weighted by Gasteiger charge is -2.41. The maximum atomic E-state index is 12.4. The minimum atomic E-state index is -0.286. The second-order valence-electron chi connectivity index (χ2n) is 9.51. The first-order valence-corrected chi connectivity index (χ1v) is 12.1. The van der Waals surface area contributed by atoms with E-state index in [-0.39, 0.29) is 17.9 Å². The summed E-state index contributed by atoms with van der Waals surface area (Å²) in [7, 11) is 0. The van der Waals surface area contributed by atoms with E-state index in [9.17, 15) is 9.59 Å². The summed E-state index contributed by atoms with van der Waals surface area (Å²) in [5.74, 6) is 1.92. The Labute approximate surface area is 186 Å². The van der Waals surface area contributed by atoms with Gasteiger partial charge in [0.1, 0.15) is 18.4 Å². The van der Waals surface area contributed by atoms with Crippen LogP contribution in [0.2, 0.25) is 0 Å². The number of amides is 2. The van der Waals surface area contributed by atoms with E-state index < -0.39 is 0 Å². The van der Waals surface area contributed by atoms with Crippen molar-refractivity contribution in [1.29, 1.82) is 0 Å². The van der Waals surface area contributed by atoms with Crippen LogP contribution < -0.4 is 15.0 Å². The van der Waals surface area contributed by atoms with E-state index in [2.05, 4.69) is 54.1 Å². The van der Waals surface area contributed by atoms with Crippen molar-refractivity contribution < 1.29 is 14.3 Å². The van der Waals surface area contributed by atoms with Crippen molar-refractivity contribution in [1.82, 2.24) is 10.2 Å². The fourth-order valence-corrected chi connectivity index (χ4v) is 5.45. The molecule has 31 heavy (non-hydrogen) atoms. The van der Waals surface area contributed by atoms with Gasteiger partial charge in [0.15, 0.2) is 0 Å². The Balaban J connectivity index is 0.000000730. The number of para-hydroxylation sites is 1. The Bertz CT molecular complexity index is 811. The quantitative estimate of drug-likeness (QED) is 0.746. The molecule has 6 nitrogen and oxygen atoms in total. The standard InChI is InChI=1S/C22H29N3O3.C3H8/c1-14-5-6-17(14)24-10-9-15(13-24)16-3-2-4-18-21(16)28-12-11-25(18)19-7-8-20(26)23-22(19)27;1-3-2/h2-4,14-15,17,19H,5-13H2,1H3,(H,23,26,27);3H2,1-2H3. The normalized spacial score (nSPS) is 30.5. The summed E-state index contributed by atoms with van der Waals surface area (Å²) in [4.78, 5) is 28.8. The second kappa shape index (κ2) is 9.60. The van der Waals surface area contributed by atoms with Crippen LogP contribution in [0, 0.1) is 5.92 Å². The molecule has 5 rings (SSSR count). The van der Waals surface area contributed by atoms with Crippen molar-refractivity contribution in [2.75, 3.05) is 31.1 Å². The largest absolute Gasteiger partial charge is 0.489 e. The molecule has 0 bridgehead atoms. The van der Waals surface area contributed by atoms with Gasteiger partial charge >= 0.3 is 0 Å². The van der Waals surface area contributed by atoms with Crippen molar-refractivity contribution >= 4 is 17.5 Å². The number of ether oxygens (including phenoxy) is 1. The van der Waals surface area contributed by atoms with Crippen LogP contribution in [0.1, 0.15) is 70.8 Å². The number of hydrogen-bond acceptors (Lipinski definition) is 5. The average Bonchev–Trinajstić information content (AvgIpc) is 3.21. The molecule has 1 aromatic rings.